The minimum Gasteiger partial charge on any atom is -0.497 e. The predicted molar refractivity (Wildman–Crippen MR) is 132 cm³/mol. The van der Waals surface area contributed by atoms with Crippen LogP contribution >= 0.6 is 11.8 Å². The molecule has 1 aliphatic rings. The molecule has 1 unspecified atom stereocenters. The number of hydrogen-bond acceptors (Lipinski definition) is 6. The Morgan fingerprint density at radius 2 is 1.82 bits per heavy atom. The molecule has 1 heterocycles. The number of carbonyl (C=O) groups is 1. The number of nitrogen functional groups attached to an aromatic ring is 1. The van der Waals surface area contributed by atoms with Crippen molar-refractivity contribution in [2.75, 3.05) is 18.7 Å². The highest BCUT2D eigenvalue weighted by molar-refractivity contribution is 7.99. The lowest BCUT2D eigenvalue weighted by Crippen LogP contribution is -2.31. The van der Waals surface area contributed by atoms with Crippen LogP contribution in [0.15, 0.2) is 53.7 Å². The van der Waals surface area contributed by atoms with E-state index in [0.29, 0.717) is 16.9 Å². The summed E-state index contributed by atoms with van der Waals surface area (Å²) in [6, 6.07) is 16.1. The van der Waals surface area contributed by atoms with Crippen molar-refractivity contribution in [1.82, 2.24) is 20.2 Å². The van der Waals surface area contributed by atoms with Crippen LogP contribution in [0.25, 0.3) is 11.4 Å². The van der Waals surface area contributed by atoms with E-state index in [1.165, 1.54) is 22.0 Å². The van der Waals surface area contributed by atoms with Crippen LogP contribution in [0.2, 0.25) is 0 Å². The zero-order chi connectivity index (χ0) is 23.6. The first-order valence-electron chi connectivity index (χ1n) is 11.1. The molecule has 1 aliphatic carbocycles. The summed E-state index contributed by atoms with van der Waals surface area (Å²) >= 11 is 1.29. The van der Waals surface area contributed by atoms with Crippen molar-refractivity contribution in [1.29, 1.82) is 0 Å². The second kappa shape index (κ2) is 9.47. The van der Waals surface area contributed by atoms with E-state index < -0.39 is 0 Å². The normalized spacial score (nSPS) is 14.7. The van der Waals surface area contributed by atoms with Gasteiger partial charge in [0.05, 0.1) is 18.9 Å². The third-order valence-corrected chi connectivity index (χ3v) is 6.83. The summed E-state index contributed by atoms with van der Waals surface area (Å²) < 4.78 is 6.69. The van der Waals surface area contributed by atoms with Crippen LogP contribution in [-0.2, 0) is 10.2 Å². The Bertz CT molecular complexity index is 1100. The molecule has 0 radical (unpaired) electrons. The van der Waals surface area contributed by atoms with E-state index in [1.807, 2.05) is 36.4 Å². The molecule has 174 valence electrons. The average Bonchev–Trinajstić information content (AvgIpc) is 3.58. The van der Waals surface area contributed by atoms with Crippen molar-refractivity contribution >= 4 is 17.7 Å². The van der Waals surface area contributed by atoms with Crippen LogP contribution in [-0.4, -0.2) is 33.6 Å². The van der Waals surface area contributed by atoms with Crippen LogP contribution in [0.1, 0.15) is 50.8 Å². The van der Waals surface area contributed by atoms with Gasteiger partial charge in [0, 0.05) is 5.56 Å². The Labute approximate surface area is 199 Å². The molecular weight excluding hydrogens is 434 g/mol. The molecule has 0 spiro atoms. The number of nitrogens with zero attached hydrogens (tertiary/aromatic N) is 3. The Hall–Kier alpha value is -3.00. The van der Waals surface area contributed by atoms with E-state index in [0.717, 1.165) is 29.7 Å². The molecule has 1 fully saturated rings. The summed E-state index contributed by atoms with van der Waals surface area (Å²) in [6.45, 7) is 6.53. The fourth-order valence-electron chi connectivity index (χ4n) is 3.75. The monoisotopic (exact) mass is 465 g/mol. The van der Waals surface area contributed by atoms with Gasteiger partial charge in [-0.25, -0.2) is 4.68 Å². The molecule has 33 heavy (non-hydrogen) atoms. The molecule has 1 saturated carbocycles. The SMILES string of the molecule is COc1ccc(C(NC(=O)CSc2nnc(-c3ccc(C(C)(C)C)cc3)n2N)C2CC2)cc1. The number of rotatable bonds is 8. The fourth-order valence-corrected chi connectivity index (χ4v) is 4.42. The van der Waals surface area contributed by atoms with Gasteiger partial charge in [-0.2, -0.15) is 0 Å². The number of benzene rings is 2. The number of thioether (sulfide) groups is 1. The van der Waals surface area contributed by atoms with Crippen molar-refractivity contribution in [2.24, 2.45) is 5.92 Å². The lowest BCUT2D eigenvalue weighted by atomic mass is 9.87. The van der Waals surface area contributed by atoms with Crippen LogP contribution < -0.4 is 15.9 Å². The number of carbonyl (C=O) groups excluding carboxylic acids is 1. The van der Waals surface area contributed by atoms with Crippen molar-refractivity contribution in [2.45, 2.75) is 50.2 Å². The molecule has 4 rings (SSSR count). The predicted octanol–water partition coefficient (Wildman–Crippen LogP) is 4.32. The number of nitrogens with two attached hydrogens (primary N) is 1. The van der Waals surface area contributed by atoms with Crippen molar-refractivity contribution < 1.29 is 9.53 Å². The Kier molecular flexibility index (Phi) is 6.65. The van der Waals surface area contributed by atoms with Crippen LogP contribution in [0.5, 0.6) is 5.75 Å². The largest absolute Gasteiger partial charge is 0.497 e. The van der Waals surface area contributed by atoms with E-state index in [9.17, 15) is 4.79 Å². The number of amides is 1. The Morgan fingerprint density at radius 3 is 2.39 bits per heavy atom. The first-order chi connectivity index (χ1) is 15.8. The molecule has 0 saturated heterocycles. The van der Waals surface area contributed by atoms with E-state index in [2.05, 4.69) is 48.4 Å². The summed E-state index contributed by atoms with van der Waals surface area (Å²) in [7, 11) is 1.65. The molecule has 3 N–H and O–H groups in total. The first-order valence-corrected chi connectivity index (χ1v) is 12.1. The zero-order valence-corrected chi connectivity index (χ0v) is 20.4. The molecule has 2 aromatic carbocycles. The summed E-state index contributed by atoms with van der Waals surface area (Å²) in [5, 5.41) is 12.1. The van der Waals surface area contributed by atoms with Gasteiger partial charge in [0.15, 0.2) is 5.82 Å². The highest BCUT2D eigenvalue weighted by Crippen LogP contribution is 2.41. The van der Waals surface area contributed by atoms with Crippen LogP contribution in [0, 0.1) is 5.92 Å². The molecule has 0 bridgehead atoms. The van der Waals surface area contributed by atoms with Gasteiger partial charge in [-0.1, -0.05) is 68.9 Å². The maximum atomic E-state index is 12.7. The number of ether oxygens (including phenoxy) is 1. The van der Waals surface area contributed by atoms with E-state index >= 15 is 0 Å². The van der Waals surface area contributed by atoms with Crippen molar-refractivity contribution in [3.63, 3.8) is 0 Å². The summed E-state index contributed by atoms with van der Waals surface area (Å²) in [6.07, 6.45) is 2.25. The molecular formula is C25H31N5O2S. The molecule has 1 aromatic heterocycles. The van der Waals surface area contributed by atoms with E-state index in [4.69, 9.17) is 10.6 Å². The van der Waals surface area contributed by atoms with Gasteiger partial charge < -0.3 is 15.9 Å². The quantitative estimate of drug-likeness (QED) is 0.380. The minimum absolute atomic E-state index is 0.0108. The van der Waals surface area contributed by atoms with Gasteiger partial charge in [-0.3, -0.25) is 4.79 Å². The van der Waals surface area contributed by atoms with Gasteiger partial charge in [-0.05, 0) is 47.4 Å². The number of aromatic nitrogens is 3. The van der Waals surface area contributed by atoms with E-state index in [1.54, 1.807) is 7.11 Å². The second-order valence-corrected chi connectivity index (χ2v) is 10.4. The van der Waals surface area contributed by atoms with Crippen LogP contribution in [0.3, 0.4) is 0 Å². The topological polar surface area (TPSA) is 95.1 Å². The molecule has 8 heteroatoms. The molecule has 1 amide bonds. The maximum absolute atomic E-state index is 12.7. The minimum atomic E-state index is -0.0493. The standard InChI is InChI=1S/C25H31N5O2S/c1-25(2,3)19-11-7-18(8-12-19)23-28-29-24(30(23)26)33-15-21(31)27-22(16-5-6-16)17-9-13-20(32-4)14-10-17/h7-14,16,22H,5-6,15,26H2,1-4H3,(H,27,31). The van der Waals surface area contributed by atoms with Gasteiger partial charge in [0.1, 0.15) is 5.75 Å². The zero-order valence-electron chi connectivity index (χ0n) is 19.5. The summed E-state index contributed by atoms with van der Waals surface area (Å²) in [4.78, 5) is 12.7. The van der Waals surface area contributed by atoms with Gasteiger partial charge in [0.2, 0.25) is 11.1 Å². The number of methoxy groups -OCH3 is 1. The van der Waals surface area contributed by atoms with Crippen molar-refractivity contribution in [3.8, 4) is 17.1 Å². The Balaban J connectivity index is 1.38. The summed E-state index contributed by atoms with van der Waals surface area (Å²) in [5.74, 6) is 8.28. The smallest absolute Gasteiger partial charge is 0.230 e. The highest BCUT2D eigenvalue weighted by Gasteiger charge is 2.33. The maximum Gasteiger partial charge on any atom is 0.230 e. The van der Waals surface area contributed by atoms with Crippen molar-refractivity contribution in [3.05, 3.63) is 59.7 Å². The van der Waals surface area contributed by atoms with E-state index in [-0.39, 0.29) is 23.1 Å². The number of hydrogen-bond donors (Lipinski definition) is 2. The lowest BCUT2D eigenvalue weighted by Gasteiger charge is -2.19. The van der Waals surface area contributed by atoms with Crippen LogP contribution in [0.4, 0.5) is 0 Å². The summed E-state index contributed by atoms with van der Waals surface area (Å²) in [5.41, 5.74) is 3.30. The third kappa shape index (κ3) is 5.50. The highest BCUT2D eigenvalue weighted by atomic mass is 32.2. The Morgan fingerprint density at radius 1 is 1.15 bits per heavy atom. The molecule has 0 aliphatic heterocycles. The first kappa shape index (κ1) is 23.2. The van der Waals surface area contributed by atoms with Gasteiger partial charge in [0.25, 0.3) is 0 Å². The second-order valence-electron chi connectivity index (χ2n) is 9.45. The molecule has 1 atom stereocenters. The number of nitrogens with one attached hydrogen (secondary N) is 1. The third-order valence-electron chi connectivity index (χ3n) is 5.89. The molecule has 7 nitrogen and oxygen atoms in total. The van der Waals surface area contributed by atoms with Gasteiger partial charge in [-0.15, -0.1) is 10.2 Å². The molecule has 3 aromatic rings. The van der Waals surface area contributed by atoms with Gasteiger partial charge >= 0.3 is 0 Å². The fraction of sp³-hybridized carbons (Fsp3) is 0.400. The lowest BCUT2D eigenvalue weighted by molar-refractivity contribution is -0.119. The average molecular weight is 466 g/mol.